The summed E-state index contributed by atoms with van der Waals surface area (Å²) in [6, 6.07) is 10.8. The predicted molar refractivity (Wildman–Crippen MR) is 116 cm³/mol. The monoisotopic (exact) mass is 421 g/mol. The highest BCUT2D eigenvalue weighted by Gasteiger charge is 2.33. The fraction of sp³-hybridized carbons (Fsp3) is 0.400. The maximum absolute atomic E-state index is 13.3. The third kappa shape index (κ3) is 4.20. The lowest BCUT2D eigenvalue weighted by Gasteiger charge is -2.35. The van der Waals surface area contributed by atoms with E-state index in [1.165, 1.54) is 13.2 Å². The first-order valence-corrected chi connectivity index (χ1v) is 10.5. The van der Waals surface area contributed by atoms with Crippen LogP contribution >= 0.6 is 0 Å². The van der Waals surface area contributed by atoms with E-state index in [1.807, 2.05) is 24.3 Å². The van der Waals surface area contributed by atoms with E-state index < -0.39 is 11.9 Å². The molecule has 31 heavy (non-hydrogen) atoms. The normalized spacial score (nSPS) is 16.1. The molecule has 0 N–H and O–H groups in total. The molecule has 0 spiro atoms. The second kappa shape index (κ2) is 8.17. The van der Waals surface area contributed by atoms with E-state index in [2.05, 4.69) is 25.5 Å². The number of nitrogens with zero attached hydrogens (tertiary/aromatic N) is 1. The Morgan fingerprint density at radius 3 is 2.65 bits per heavy atom. The Hall–Kier alpha value is -3.15. The third-order valence-electron chi connectivity index (χ3n) is 6.08. The van der Waals surface area contributed by atoms with Crippen molar-refractivity contribution in [1.29, 1.82) is 0 Å². The summed E-state index contributed by atoms with van der Waals surface area (Å²) in [5, 5.41) is 0.801. The molecule has 0 saturated carbocycles. The first kappa shape index (κ1) is 21.1. The van der Waals surface area contributed by atoms with Crippen molar-refractivity contribution in [3.8, 4) is 0 Å². The highest BCUT2D eigenvalue weighted by Crippen LogP contribution is 2.39. The molecular weight excluding hydrogens is 394 g/mol. The van der Waals surface area contributed by atoms with Crippen LogP contribution in [0.1, 0.15) is 65.1 Å². The van der Waals surface area contributed by atoms with Crippen molar-refractivity contribution in [2.24, 2.45) is 11.3 Å². The van der Waals surface area contributed by atoms with Crippen LogP contribution in [-0.4, -0.2) is 24.0 Å². The average molecular weight is 421 g/mol. The Morgan fingerprint density at radius 1 is 1.13 bits per heavy atom. The van der Waals surface area contributed by atoms with E-state index in [1.54, 1.807) is 6.07 Å². The largest absolute Gasteiger partial charge is 0.463 e. The van der Waals surface area contributed by atoms with Gasteiger partial charge in [0.05, 0.1) is 18.2 Å². The zero-order chi connectivity index (χ0) is 22.2. The van der Waals surface area contributed by atoms with Crippen LogP contribution in [0.2, 0.25) is 0 Å². The number of aryl methyl sites for hydroxylation is 1. The Bertz CT molecular complexity index is 1140. The summed E-state index contributed by atoms with van der Waals surface area (Å²) >= 11 is 0. The maximum Gasteiger partial charge on any atom is 0.373 e. The number of hydrogen-bond donors (Lipinski definition) is 0. The zero-order valence-corrected chi connectivity index (χ0v) is 18.4. The van der Waals surface area contributed by atoms with Crippen LogP contribution in [0.25, 0.3) is 10.9 Å². The molecule has 0 saturated heterocycles. The van der Waals surface area contributed by atoms with Gasteiger partial charge in [-0.15, -0.1) is 0 Å². The summed E-state index contributed by atoms with van der Waals surface area (Å²) in [6.07, 6.45) is 2.70. The van der Waals surface area contributed by atoms with Gasteiger partial charge in [0.15, 0.2) is 0 Å². The van der Waals surface area contributed by atoms with Gasteiger partial charge in [-0.2, -0.15) is 0 Å². The number of para-hydroxylation sites is 1. The van der Waals surface area contributed by atoms with Crippen molar-refractivity contribution in [2.75, 3.05) is 7.11 Å². The third-order valence-corrected chi connectivity index (χ3v) is 6.08. The molecule has 1 aliphatic carbocycles. The van der Waals surface area contributed by atoms with Crippen LogP contribution in [0, 0.1) is 11.3 Å². The standard InChI is InChI=1S/C25H27NO5/c1-25(2,3)15-9-11-20-18(13-15)22(17-7-5-6-8-19(17)26-20)24(28)30-14-16-10-12-21(31-16)23(27)29-4/h5-8,10,12,15H,9,11,13-14H2,1-4H3/t15-/m0/s1. The second-order valence-corrected chi connectivity index (χ2v) is 9.07. The van der Waals surface area contributed by atoms with Gasteiger partial charge in [0.2, 0.25) is 5.76 Å². The van der Waals surface area contributed by atoms with Crippen LogP contribution in [0.15, 0.2) is 40.8 Å². The van der Waals surface area contributed by atoms with Crippen molar-refractivity contribution in [3.05, 3.63) is 64.7 Å². The van der Waals surface area contributed by atoms with Gasteiger partial charge in [0.25, 0.3) is 0 Å². The van der Waals surface area contributed by atoms with E-state index in [9.17, 15) is 9.59 Å². The number of ether oxygens (including phenoxy) is 2. The first-order valence-electron chi connectivity index (χ1n) is 10.5. The summed E-state index contributed by atoms with van der Waals surface area (Å²) in [7, 11) is 1.28. The van der Waals surface area contributed by atoms with Crippen LogP contribution in [-0.2, 0) is 28.9 Å². The molecule has 3 aromatic rings. The van der Waals surface area contributed by atoms with E-state index >= 15 is 0 Å². The number of aromatic nitrogens is 1. The average Bonchev–Trinajstić information content (AvgIpc) is 3.23. The summed E-state index contributed by atoms with van der Waals surface area (Å²) in [6.45, 7) is 6.66. The number of fused-ring (bicyclic) bond motifs is 2. The Morgan fingerprint density at radius 2 is 1.90 bits per heavy atom. The van der Waals surface area contributed by atoms with Gasteiger partial charge in [-0.1, -0.05) is 39.0 Å². The summed E-state index contributed by atoms with van der Waals surface area (Å²) in [5.74, 6) is -0.0514. The van der Waals surface area contributed by atoms with Crippen LogP contribution in [0.5, 0.6) is 0 Å². The van der Waals surface area contributed by atoms with Crippen molar-refractivity contribution in [2.45, 2.75) is 46.6 Å². The van der Waals surface area contributed by atoms with Crippen molar-refractivity contribution in [3.63, 3.8) is 0 Å². The number of pyridine rings is 1. The molecule has 2 aromatic heterocycles. The topological polar surface area (TPSA) is 78.6 Å². The molecule has 0 bridgehead atoms. The molecule has 4 rings (SSSR count). The van der Waals surface area contributed by atoms with Gasteiger partial charge < -0.3 is 13.9 Å². The number of carbonyl (C=O) groups is 2. The van der Waals surface area contributed by atoms with Gasteiger partial charge in [0.1, 0.15) is 12.4 Å². The second-order valence-electron chi connectivity index (χ2n) is 9.07. The minimum Gasteiger partial charge on any atom is -0.463 e. The van der Waals surface area contributed by atoms with Crippen molar-refractivity contribution >= 4 is 22.8 Å². The lowest BCUT2D eigenvalue weighted by molar-refractivity contribution is 0.0437. The van der Waals surface area contributed by atoms with Gasteiger partial charge in [0, 0.05) is 11.1 Å². The summed E-state index contributed by atoms with van der Waals surface area (Å²) < 4.78 is 15.7. The van der Waals surface area contributed by atoms with Crippen LogP contribution in [0.4, 0.5) is 0 Å². The lowest BCUT2D eigenvalue weighted by Crippen LogP contribution is -2.29. The SMILES string of the molecule is COC(=O)c1ccc(COC(=O)c2c3c(nc4ccccc24)CC[C@H](C(C)(C)C)C3)o1. The molecule has 0 aliphatic heterocycles. The molecule has 1 atom stereocenters. The molecular formula is C25H27NO5. The Labute approximate surface area is 181 Å². The Kier molecular flexibility index (Phi) is 5.56. The van der Waals surface area contributed by atoms with Gasteiger partial charge in [-0.25, -0.2) is 9.59 Å². The molecule has 6 heteroatoms. The fourth-order valence-corrected chi connectivity index (χ4v) is 4.24. The van der Waals surface area contributed by atoms with Crippen molar-refractivity contribution in [1.82, 2.24) is 4.98 Å². The molecule has 0 amide bonds. The molecule has 162 valence electrons. The molecule has 6 nitrogen and oxygen atoms in total. The molecule has 1 aromatic carbocycles. The van der Waals surface area contributed by atoms with Crippen LogP contribution < -0.4 is 0 Å². The first-order chi connectivity index (χ1) is 14.8. The predicted octanol–water partition coefficient (Wildman–Crippen LogP) is 5.12. The number of furan rings is 1. The zero-order valence-electron chi connectivity index (χ0n) is 18.4. The van der Waals surface area contributed by atoms with Crippen molar-refractivity contribution < 1.29 is 23.5 Å². The number of carbonyl (C=O) groups excluding carboxylic acids is 2. The number of methoxy groups -OCH3 is 1. The van der Waals surface area contributed by atoms with Crippen LogP contribution in [0.3, 0.4) is 0 Å². The Balaban J connectivity index is 1.66. The highest BCUT2D eigenvalue weighted by atomic mass is 16.5. The minimum absolute atomic E-state index is 0.0655. The lowest BCUT2D eigenvalue weighted by atomic mass is 9.70. The van der Waals surface area contributed by atoms with E-state index in [4.69, 9.17) is 14.1 Å². The fourth-order valence-electron chi connectivity index (χ4n) is 4.24. The molecule has 1 aliphatic rings. The number of rotatable bonds is 4. The van der Waals surface area contributed by atoms with Gasteiger partial charge in [-0.3, -0.25) is 4.98 Å². The van der Waals surface area contributed by atoms with Gasteiger partial charge >= 0.3 is 11.9 Å². The van der Waals surface area contributed by atoms with E-state index in [-0.39, 0.29) is 17.8 Å². The molecule has 2 heterocycles. The number of benzene rings is 1. The quantitative estimate of drug-likeness (QED) is 0.544. The summed E-state index contributed by atoms with van der Waals surface area (Å²) in [5.41, 5.74) is 3.51. The van der Waals surface area contributed by atoms with E-state index in [0.717, 1.165) is 41.4 Å². The number of esters is 2. The summed E-state index contributed by atoms with van der Waals surface area (Å²) in [4.78, 5) is 29.7. The smallest absolute Gasteiger partial charge is 0.373 e. The maximum atomic E-state index is 13.3. The molecule has 0 unspecified atom stereocenters. The molecule has 0 fully saturated rings. The molecule has 0 radical (unpaired) electrons. The number of hydrogen-bond acceptors (Lipinski definition) is 6. The van der Waals surface area contributed by atoms with E-state index in [0.29, 0.717) is 17.2 Å². The van der Waals surface area contributed by atoms with Gasteiger partial charge in [-0.05, 0) is 54.4 Å². The minimum atomic E-state index is -0.569. The highest BCUT2D eigenvalue weighted by molar-refractivity contribution is 6.05.